The molecule has 0 fully saturated rings. The van der Waals surface area contributed by atoms with E-state index < -0.39 is 6.10 Å². The second-order valence-corrected chi connectivity index (χ2v) is 16.4. The molecule has 6 heteroatoms. The molecule has 59 heavy (non-hydrogen) atoms. The Bertz CT molecular complexity index is 1090. The summed E-state index contributed by atoms with van der Waals surface area (Å²) in [6, 6.07) is 0. The Morgan fingerprint density at radius 1 is 0.373 bits per heavy atom. The van der Waals surface area contributed by atoms with Gasteiger partial charge in [-0.25, -0.2) is 0 Å². The molecule has 0 aromatic heterocycles. The zero-order chi connectivity index (χ0) is 43.0. The molecule has 0 saturated carbocycles. The highest BCUT2D eigenvalue weighted by Gasteiger charge is 2.19. The summed E-state index contributed by atoms with van der Waals surface area (Å²) < 4.78 is 16.8. The maximum Gasteiger partial charge on any atom is 0.306 e. The lowest BCUT2D eigenvalue weighted by molar-refractivity contribution is -0.167. The molecule has 0 aliphatic carbocycles. The lowest BCUT2D eigenvalue weighted by Crippen LogP contribution is -2.30. The summed E-state index contributed by atoms with van der Waals surface area (Å²) >= 11 is 0. The quantitative estimate of drug-likeness (QED) is 0.0200. The Balaban J connectivity index is 4.39. The average Bonchev–Trinajstić information content (AvgIpc) is 3.23. The van der Waals surface area contributed by atoms with Crippen molar-refractivity contribution < 1.29 is 28.6 Å². The van der Waals surface area contributed by atoms with Gasteiger partial charge in [-0.3, -0.25) is 14.4 Å². The minimum absolute atomic E-state index is 0.0837. The molecule has 0 amide bonds. The van der Waals surface area contributed by atoms with Crippen molar-refractivity contribution in [2.75, 3.05) is 13.2 Å². The van der Waals surface area contributed by atoms with Gasteiger partial charge in [-0.05, 0) is 64.2 Å². The van der Waals surface area contributed by atoms with Crippen molar-refractivity contribution in [3.63, 3.8) is 0 Å². The molecule has 0 N–H and O–H groups in total. The first-order valence-electron chi connectivity index (χ1n) is 24.8. The molecule has 0 aliphatic rings. The number of hydrogen-bond acceptors (Lipinski definition) is 6. The molecule has 0 bridgehead atoms. The highest BCUT2D eigenvalue weighted by Crippen LogP contribution is 2.15. The third-order valence-electron chi connectivity index (χ3n) is 10.6. The predicted octanol–water partition coefficient (Wildman–Crippen LogP) is 16.1. The molecule has 0 saturated heterocycles. The minimum Gasteiger partial charge on any atom is -0.462 e. The van der Waals surface area contributed by atoms with Crippen LogP contribution in [0.15, 0.2) is 60.8 Å². The molecule has 0 aromatic carbocycles. The molecule has 1 unspecified atom stereocenters. The van der Waals surface area contributed by atoms with Crippen molar-refractivity contribution in [3.8, 4) is 0 Å². The molecule has 0 spiro atoms. The van der Waals surface area contributed by atoms with Gasteiger partial charge in [-0.15, -0.1) is 0 Å². The molecular weight excluding hydrogens is 733 g/mol. The predicted molar refractivity (Wildman–Crippen MR) is 251 cm³/mol. The van der Waals surface area contributed by atoms with E-state index in [1.54, 1.807) is 0 Å². The molecule has 0 rings (SSSR count). The summed E-state index contributed by atoms with van der Waals surface area (Å²) in [6.07, 6.45) is 57.7. The number of esters is 3. The van der Waals surface area contributed by atoms with Gasteiger partial charge in [0.2, 0.25) is 0 Å². The smallest absolute Gasteiger partial charge is 0.306 e. The Morgan fingerprint density at radius 2 is 0.746 bits per heavy atom. The lowest BCUT2D eigenvalue weighted by atomic mass is 10.0. The topological polar surface area (TPSA) is 78.9 Å². The van der Waals surface area contributed by atoms with Crippen LogP contribution in [0.4, 0.5) is 0 Å². The van der Waals surface area contributed by atoms with Gasteiger partial charge >= 0.3 is 17.9 Å². The highest BCUT2D eigenvalue weighted by atomic mass is 16.6. The van der Waals surface area contributed by atoms with Crippen LogP contribution in [0.2, 0.25) is 0 Å². The number of carbonyl (C=O) groups is 3. The van der Waals surface area contributed by atoms with Crippen LogP contribution in [-0.2, 0) is 28.6 Å². The van der Waals surface area contributed by atoms with E-state index >= 15 is 0 Å². The minimum atomic E-state index is -0.781. The van der Waals surface area contributed by atoms with E-state index in [1.165, 1.54) is 96.3 Å². The SMILES string of the molecule is CC\C=C/C=C\C=C/CCCCCCCCCC(=O)OCC(COC(=O)CCCCCCC/C=C\C/C=C\CC)OC(=O)CCCCCCCCCCCCCCCC. The van der Waals surface area contributed by atoms with Crippen LogP contribution >= 0.6 is 0 Å². The van der Waals surface area contributed by atoms with Crippen molar-refractivity contribution in [2.24, 2.45) is 0 Å². The Hall–Kier alpha value is -2.89. The molecule has 1 atom stereocenters. The number of allylic oxidation sites excluding steroid dienone is 10. The van der Waals surface area contributed by atoms with Crippen molar-refractivity contribution in [1.82, 2.24) is 0 Å². The fourth-order valence-corrected chi connectivity index (χ4v) is 6.89. The molecule has 0 aromatic rings. The summed E-state index contributed by atoms with van der Waals surface area (Å²) in [5.41, 5.74) is 0. The van der Waals surface area contributed by atoms with Crippen LogP contribution < -0.4 is 0 Å². The monoisotopic (exact) mass is 825 g/mol. The maximum atomic E-state index is 12.8. The van der Waals surface area contributed by atoms with Crippen LogP contribution in [-0.4, -0.2) is 37.2 Å². The second-order valence-electron chi connectivity index (χ2n) is 16.4. The van der Waals surface area contributed by atoms with Crippen molar-refractivity contribution >= 4 is 17.9 Å². The number of rotatable bonds is 44. The van der Waals surface area contributed by atoms with Crippen LogP contribution in [0.1, 0.15) is 239 Å². The fourth-order valence-electron chi connectivity index (χ4n) is 6.89. The van der Waals surface area contributed by atoms with Crippen LogP contribution in [0, 0.1) is 0 Å². The summed E-state index contributed by atoms with van der Waals surface area (Å²) in [7, 11) is 0. The molecule has 0 radical (unpaired) electrons. The Labute approximate surface area is 364 Å². The maximum absolute atomic E-state index is 12.8. The largest absolute Gasteiger partial charge is 0.462 e. The fraction of sp³-hybridized carbons (Fsp3) is 0.755. The first-order chi connectivity index (χ1) is 29.0. The first-order valence-corrected chi connectivity index (χ1v) is 24.8. The van der Waals surface area contributed by atoms with Gasteiger partial charge in [-0.2, -0.15) is 0 Å². The van der Waals surface area contributed by atoms with Gasteiger partial charge in [0.15, 0.2) is 6.10 Å². The van der Waals surface area contributed by atoms with E-state index in [0.29, 0.717) is 19.3 Å². The van der Waals surface area contributed by atoms with E-state index in [1.807, 2.05) is 0 Å². The van der Waals surface area contributed by atoms with Gasteiger partial charge in [0.1, 0.15) is 13.2 Å². The van der Waals surface area contributed by atoms with Crippen molar-refractivity contribution in [1.29, 1.82) is 0 Å². The molecular formula is C53H92O6. The van der Waals surface area contributed by atoms with Crippen molar-refractivity contribution in [2.45, 2.75) is 245 Å². The summed E-state index contributed by atoms with van der Waals surface area (Å²) in [5, 5.41) is 0. The molecule has 0 heterocycles. The van der Waals surface area contributed by atoms with E-state index in [9.17, 15) is 14.4 Å². The Morgan fingerprint density at radius 3 is 1.20 bits per heavy atom. The number of hydrogen-bond donors (Lipinski definition) is 0. The second kappa shape index (κ2) is 47.8. The van der Waals surface area contributed by atoms with E-state index in [0.717, 1.165) is 103 Å². The highest BCUT2D eigenvalue weighted by molar-refractivity contribution is 5.71. The number of unbranched alkanes of at least 4 members (excludes halogenated alkanes) is 25. The van der Waals surface area contributed by atoms with Crippen LogP contribution in [0.5, 0.6) is 0 Å². The van der Waals surface area contributed by atoms with Crippen LogP contribution in [0.25, 0.3) is 0 Å². The lowest BCUT2D eigenvalue weighted by Gasteiger charge is -2.18. The van der Waals surface area contributed by atoms with Crippen LogP contribution in [0.3, 0.4) is 0 Å². The van der Waals surface area contributed by atoms with Gasteiger partial charge in [0.05, 0.1) is 0 Å². The van der Waals surface area contributed by atoms with Gasteiger partial charge in [-0.1, -0.05) is 216 Å². The zero-order valence-corrected chi connectivity index (χ0v) is 38.8. The number of ether oxygens (including phenoxy) is 3. The molecule has 6 nitrogen and oxygen atoms in total. The third kappa shape index (κ3) is 46.0. The zero-order valence-electron chi connectivity index (χ0n) is 38.8. The Kier molecular flexibility index (Phi) is 45.4. The molecule has 340 valence electrons. The third-order valence-corrected chi connectivity index (χ3v) is 10.6. The number of carbonyl (C=O) groups excluding carboxylic acids is 3. The normalized spacial score (nSPS) is 12.5. The summed E-state index contributed by atoms with van der Waals surface area (Å²) in [6.45, 7) is 6.38. The van der Waals surface area contributed by atoms with Gasteiger partial charge in [0.25, 0.3) is 0 Å². The van der Waals surface area contributed by atoms with E-state index in [4.69, 9.17) is 14.2 Å². The summed E-state index contributed by atoms with van der Waals surface area (Å²) in [4.78, 5) is 37.9. The first kappa shape index (κ1) is 56.1. The standard InChI is InChI=1S/C53H92O6/c1-4-7-10-13-16-19-22-25-27-29-31-34-37-40-43-46-52(55)58-49-50(48-57-51(54)45-42-39-36-33-30-24-21-18-15-12-9-6-3)59-53(56)47-44-41-38-35-32-28-26-23-20-17-14-11-8-5-2/h7,9-10,12-13,16,18-19,21-22,50H,4-6,8,11,14-15,17,20,23-49H2,1-3H3/b10-7-,12-9-,16-13-,21-18-,22-19-. The van der Waals surface area contributed by atoms with E-state index in [-0.39, 0.29) is 31.1 Å². The molecule has 0 aliphatic heterocycles. The summed E-state index contributed by atoms with van der Waals surface area (Å²) in [5.74, 6) is -0.906. The van der Waals surface area contributed by atoms with Gasteiger partial charge in [0, 0.05) is 19.3 Å². The van der Waals surface area contributed by atoms with Gasteiger partial charge < -0.3 is 14.2 Å². The van der Waals surface area contributed by atoms with Crippen molar-refractivity contribution in [3.05, 3.63) is 60.8 Å². The average molecular weight is 825 g/mol. The van der Waals surface area contributed by atoms with E-state index in [2.05, 4.69) is 81.5 Å².